The Labute approximate surface area is 124 Å². The van der Waals surface area contributed by atoms with Crippen LogP contribution in [0.15, 0.2) is 12.5 Å². The van der Waals surface area contributed by atoms with Gasteiger partial charge < -0.3 is 9.88 Å². The average molecular weight is 319 g/mol. The number of rotatable bonds is 2. The molecule has 4 nitrogen and oxygen atoms in total. The van der Waals surface area contributed by atoms with E-state index in [-0.39, 0.29) is 16.2 Å². The SMILES string of the molecule is FC(F)(F)c1cn(CC2CCNCC2)c2ncnc(Cl)c12. The molecule has 1 aliphatic heterocycles. The van der Waals surface area contributed by atoms with E-state index in [0.717, 1.165) is 32.1 Å². The molecule has 1 aliphatic rings. The smallest absolute Gasteiger partial charge is 0.331 e. The van der Waals surface area contributed by atoms with Crippen LogP contribution in [-0.4, -0.2) is 27.6 Å². The lowest BCUT2D eigenvalue weighted by atomic mass is 9.98. The summed E-state index contributed by atoms with van der Waals surface area (Å²) in [6, 6.07) is 0. The summed E-state index contributed by atoms with van der Waals surface area (Å²) in [7, 11) is 0. The molecule has 1 N–H and O–H groups in total. The molecule has 2 aromatic rings. The van der Waals surface area contributed by atoms with E-state index in [1.807, 2.05) is 0 Å². The molecule has 0 aromatic carbocycles. The summed E-state index contributed by atoms with van der Waals surface area (Å²) in [5.74, 6) is 0.344. The Morgan fingerprint density at radius 2 is 2.00 bits per heavy atom. The number of hydrogen-bond acceptors (Lipinski definition) is 3. The summed E-state index contributed by atoms with van der Waals surface area (Å²) in [5.41, 5.74) is -0.516. The van der Waals surface area contributed by atoms with E-state index in [0.29, 0.717) is 12.5 Å². The number of halogens is 4. The lowest BCUT2D eigenvalue weighted by Gasteiger charge is -2.23. The number of nitrogens with zero attached hydrogens (tertiary/aromatic N) is 3. The van der Waals surface area contributed by atoms with Crippen LogP contribution in [0.25, 0.3) is 11.0 Å². The van der Waals surface area contributed by atoms with Crippen LogP contribution >= 0.6 is 11.6 Å². The number of aromatic nitrogens is 3. The van der Waals surface area contributed by atoms with Crippen molar-refractivity contribution in [1.82, 2.24) is 19.9 Å². The van der Waals surface area contributed by atoms with Crippen LogP contribution in [0.2, 0.25) is 5.15 Å². The first kappa shape index (κ1) is 14.6. The molecule has 21 heavy (non-hydrogen) atoms. The molecule has 0 aliphatic carbocycles. The van der Waals surface area contributed by atoms with Gasteiger partial charge in [0.15, 0.2) is 0 Å². The summed E-state index contributed by atoms with van der Waals surface area (Å²) in [5, 5.41) is 2.97. The van der Waals surface area contributed by atoms with Crippen LogP contribution in [0.4, 0.5) is 13.2 Å². The van der Waals surface area contributed by atoms with Crippen molar-refractivity contribution in [3.05, 3.63) is 23.2 Å². The molecule has 0 spiro atoms. The van der Waals surface area contributed by atoms with E-state index in [9.17, 15) is 13.2 Å². The fourth-order valence-corrected chi connectivity index (χ4v) is 3.01. The molecule has 114 valence electrons. The largest absolute Gasteiger partial charge is 0.418 e. The number of fused-ring (bicyclic) bond motifs is 1. The Morgan fingerprint density at radius 3 is 2.67 bits per heavy atom. The van der Waals surface area contributed by atoms with Crippen LogP contribution in [0, 0.1) is 5.92 Å². The Kier molecular flexibility index (Phi) is 3.79. The summed E-state index contributed by atoms with van der Waals surface area (Å²) in [6.07, 6.45) is -0.275. The van der Waals surface area contributed by atoms with Crippen molar-refractivity contribution < 1.29 is 13.2 Å². The van der Waals surface area contributed by atoms with E-state index in [1.54, 1.807) is 4.57 Å². The number of hydrogen-bond donors (Lipinski definition) is 1. The summed E-state index contributed by atoms with van der Waals surface area (Å²) in [6.45, 7) is 2.30. The molecular weight excluding hydrogens is 305 g/mol. The van der Waals surface area contributed by atoms with E-state index >= 15 is 0 Å². The zero-order valence-electron chi connectivity index (χ0n) is 11.1. The van der Waals surface area contributed by atoms with Crippen molar-refractivity contribution >= 4 is 22.6 Å². The predicted molar refractivity (Wildman–Crippen MR) is 73.1 cm³/mol. The third-order valence-corrected chi connectivity index (χ3v) is 4.11. The van der Waals surface area contributed by atoms with E-state index < -0.39 is 11.7 Å². The number of alkyl halides is 3. The van der Waals surface area contributed by atoms with E-state index in [4.69, 9.17) is 11.6 Å². The van der Waals surface area contributed by atoms with Gasteiger partial charge in [-0.05, 0) is 31.8 Å². The molecule has 0 atom stereocenters. The molecule has 0 amide bonds. The topological polar surface area (TPSA) is 42.7 Å². The van der Waals surface area contributed by atoms with Crippen molar-refractivity contribution in [3.8, 4) is 0 Å². The van der Waals surface area contributed by atoms with Crippen molar-refractivity contribution in [1.29, 1.82) is 0 Å². The number of piperidine rings is 1. The van der Waals surface area contributed by atoms with Gasteiger partial charge in [-0.25, -0.2) is 9.97 Å². The quantitative estimate of drug-likeness (QED) is 0.865. The van der Waals surface area contributed by atoms with Gasteiger partial charge in [-0.15, -0.1) is 0 Å². The Balaban J connectivity index is 2.04. The fourth-order valence-electron chi connectivity index (χ4n) is 2.78. The maximum atomic E-state index is 13.2. The highest BCUT2D eigenvalue weighted by Crippen LogP contribution is 2.38. The molecule has 0 unspecified atom stereocenters. The minimum absolute atomic E-state index is 0.111. The third kappa shape index (κ3) is 2.85. The molecule has 0 saturated carbocycles. The monoisotopic (exact) mass is 318 g/mol. The van der Waals surface area contributed by atoms with Crippen LogP contribution in [0.5, 0.6) is 0 Å². The van der Waals surface area contributed by atoms with Crippen molar-refractivity contribution in [3.63, 3.8) is 0 Å². The summed E-state index contributed by atoms with van der Waals surface area (Å²) < 4.78 is 41.0. The van der Waals surface area contributed by atoms with Gasteiger partial charge in [0.1, 0.15) is 17.1 Å². The van der Waals surface area contributed by atoms with Gasteiger partial charge in [0.2, 0.25) is 0 Å². The van der Waals surface area contributed by atoms with Gasteiger partial charge in [0, 0.05) is 12.7 Å². The van der Waals surface area contributed by atoms with Gasteiger partial charge in [-0.3, -0.25) is 0 Å². The maximum absolute atomic E-state index is 13.2. The minimum atomic E-state index is -4.47. The molecule has 8 heteroatoms. The maximum Gasteiger partial charge on any atom is 0.418 e. The summed E-state index contributed by atoms with van der Waals surface area (Å²) >= 11 is 5.85. The van der Waals surface area contributed by atoms with Gasteiger partial charge in [-0.1, -0.05) is 11.6 Å². The first-order valence-corrected chi connectivity index (χ1v) is 7.12. The van der Waals surface area contributed by atoms with Gasteiger partial charge in [-0.2, -0.15) is 13.2 Å². The predicted octanol–water partition coefficient (Wildman–Crippen LogP) is 3.10. The highest BCUT2D eigenvalue weighted by molar-refractivity contribution is 6.34. The van der Waals surface area contributed by atoms with Crippen molar-refractivity contribution in [2.45, 2.75) is 25.6 Å². The molecule has 3 heterocycles. The third-order valence-electron chi connectivity index (χ3n) is 3.83. The zero-order chi connectivity index (χ0) is 15.0. The fraction of sp³-hybridized carbons (Fsp3) is 0.538. The lowest BCUT2D eigenvalue weighted by Crippen LogP contribution is -2.29. The minimum Gasteiger partial charge on any atom is -0.331 e. The van der Waals surface area contributed by atoms with Gasteiger partial charge in [0.25, 0.3) is 0 Å². The standard InChI is InChI=1S/C13H14ClF3N4/c14-11-10-9(13(15,16)17)6-21(12(10)20-7-19-11)5-8-1-3-18-4-2-8/h6-8,18H,1-5H2. The first-order valence-electron chi connectivity index (χ1n) is 6.74. The molecule has 3 rings (SSSR count). The normalized spacial score (nSPS) is 17.5. The molecule has 2 aromatic heterocycles. The van der Waals surface area contributed by atoms with Gasteiger partial charge in [0.05, 0.1) is 10.9 Å². The van der Waals surface area contributed by atoms with Crippen LogP contribution in [0.1, 0.15) is 18.4 Å². The Bertz CT molecular complexity index is 647. The van der Waals surface area contributed by atoms with Crippen molar-refractivity contribution in [2.24, 2.45) is 5.92 Å². The average Bonchev–Trinajstić information content (AvgIpc) is 2.80. The van der Waals surface area contributed by atoms with Crippen molar-refractivity contribution in [2.75, 3.05) is 13.1 Å². The second-order valence-corrected chi connectivity index (χ2v) is 5.61. The van der Waals surface area contributed by atoms with Crippen LogP contribution in [0.3, 0.4) is 0 Å². The molecular formula is C13H14ClF3N4. The Morgan fingerprint density at radius 1 is 1.29 bits per heavy atom. The molecule has 1 fully saturated rings. The van der Waals surface area contributed by atoms with E-state index in [2.05, 4.69) is 15.3 Å². The highest BCUT2D eigenvalue weighted by atomic mass is 35.5. The lowest BCUT2D eigenvalue weighted by molar-refractivity contribution is -0.136. The molecule has 0 radical (unpaired) electrons. The van der Waals surface area contributed by atoms with E-state index in [1.165, 1.54) is 6.33 Å². The number of nitrogens with one attached hydrogen (secondary N) is 1. The highest BCUT2D eigenvalue weighted by Gasteiger charge is 2.36. The Hall–Kier alpha value is -1.34. The second-order valence-electron chi connectivity index (χ2n) is 5.25. The first-order chi connectivity index (χ1) is 9.97. The van der Waals surface area contributed by atoms with Gasteiger partial charge >= 0.3 is 6.18 Å². The second kappa shape index (κ2) is 5.46. The zero-order valence-corrected chi connectivity index (χ0v) is 11.9. The van der Waals surface area contributed by atoms with Crippen LogP contribution in [-0.2, 0) is 12.7 Å². The molecule has 0 bridgehead atoms. The summed E-state index contributed by atoms with van der Waals surface area (Å²) in [4.78, 5) is 7.67. The molecule has 1 saturated heterocycles. The van der Waals surface area contributed by atoms with Crippen LogP contribution < -0.4 is 5.32 Å².